The van der Waals surface area contributed by atoms with Gasteiger partial charge in [0.25, 0.3) is 0 Å². The zero-order valence-electron chi connectivity index (χ0n) is 13.5. The summed E-state index contributed by atoms with van der Waals surface area (Å²) in [4.78, 5) is 26.1. The van der Waals surface area contributed by atoms with E-state index in [4.69, 9.17) is 11.6 Å². The molecule has 2 aromatic carbocycles. The molecule has 0 saturated carbocycles. The topological polar surface area (TPSA) is 49.4 Å². The number of nitrogens with zero attached hydrogens (tertiary/aromatic N) is 1. The molecule has 0 aromatic heterocycles. The molecule has 130 valence electrons. The van der Waals surface area contributed by atoms with E-state index in [1.807, 2.05) is 6.07 Å². The highest BCUT2D eigenvalue weighted by atomic mass is 35.5. The number of amides is 2. The van der Waals surface area contributed by atoms with Crippen LogP contribution in [0.2, 0.25) is 5.02 Å². The van der Waals surface area contributed by atoms with Crippen molar-refractivity contribution in [2.45, 2.75) is 12.8 Å². The van der Waals surface area contributed by atoms with Gasteiger partial charge in [0, 0.05) is 19.5 Å². The van der Waals surface area contributed by atoms with Gasteiger partial charge in [0.05, 0.1) is 16.6 Å². The second-order valence-electron chi connectivity index (χ2n) is 6.02. The Balaban J connectivity index is 1.54. The molecule has 2 aromatic rings. The van der Waals surface area contributed by atoms with Crippen LogP contribution in [0.15, 0.2) is 48.5 Å². The first-order chi connectivity index (χ1) is 12.0. The Bertz CT molecular complexity index is 779. The first-order valence-electron chi connectivity index (χ1n) is 8.11. The smallest absolute Gasteiger partial charge is 0.227 e. The third-order valence-electron chi connectivity index (χ3n) is 4.27. The first-order valence-corrected chi connectivity index (χ1v) is 8.49. The van der Waals surface area contributed by atoms with Crippen molar-refractivity contribution < 1.29 is 14.0 Å². The third kappa shape index (κ3) is 4.17. The van der Waals surface area contributed by atoms with Crippen molar-refractivity contribution >= 4 is 29.1 Å². The van der Waals surface area contributed by atoms with Gasteiger partial charge in [-0.1, -0.05) is 35.9 Å². The Labute approximate surface area is 150 Å². The molecule has 2 amide bonds. The molecule has 1 heterocycles. The van der Waals surface area contributed by atoms with E-state index in [9.17, 15) is 14.0 Å². The minimum atomic E-state index is -0.392. The molecule has 0 bridgehead atoms. The van der Waals surface area contributed by atoms with Crippen LogP contribution in [0, 0.1) is 11.7 Å². The lowest BCUT2D eigenvalue weighted by Gasteiger charge is -2.18. The van der Waals surface area contributed by atoms with E-state index in [1.165, 1.54) is 12.1 Å². The van der Waals surface area contributed by atoms with Gasteiger partial charge < -0.3 is 10.2 Å². The summed E-state index contributed by atoms with van der Waals surface area (Å²) < 4.78 is 12.9. The average molecular weight is 361 g/mol. The van der Waals surface area contributed by atoms with Crippen molar-refractivity contribution in [3.05, 3.63) is 64.9 Å². The minimum absolute atomic E-state index is 0.105. The number of nitrogens with one attached hydrogen (secondary N) is 1. The van der Waals surface area contributed by atoms with Gasteiger partial charge in [-0.25, -0.2) is 4.39 Å². The second-order valence-corrected chi connectivity index (χ2v) is 6.43. The largest absolute Gasteiger partial charge is 0.355 e. The maximum absolute atomic E-state index is 12.9. The molecule has 1 aliphatic heterocycles. The molecule has 1 saturated heterocycles. The maximum Gasteiger partial charge on any atom is 0.227 e. The van der Waals surface area contributed by atoms with Crippen molar-refractivity contribution in [2.24, 2.45) is 5.92 Å². The fourth-order valence-corrected chi connectivity index (χ4v) is 3.15. The summed E-state index contributed by atoms with van der Waals surface area (Å²) in [6.45, 7) is 0.770. The lowest BCUT2D eigenvalue weighted by molar-refractivity contribution is -0.126. The molecule has 25 heavy (non-hydrogen) atoms. The molecule has 6 heteroatoms. The highest BCUT2D eigenvalue weighted by Crippen LogP contribution is 2.30. The summed E-state index contributed by atoms with van der Waals surface area (Å²) in [5.74, 6) is -0.925. The minimum Gasteiger partial charge on any atom is -0.355 e. The number of rotatable bonds is 5. The fraction of sp³-hybridized carbons (Fsp3) is 0.263. The Morgan fingerprint density at radius 3 is 2.64 bits per heavy atom. The van der Waals surface area contributed by atoms with Crippen LogP contribution < -0.4 is 10.2 Å². The van der Waals surface area contributed by atoms with Gasteiger partial charge in [0.1, 0.15) is 5.82 Å². The Morgan fingerprint density at radius 1 is 1.20 bits per heavy atom. The summed E-state index contributed by atoms with van der Waals surface area (Å²) in [6, 6.07) is 13.3. The SMILES string of the molecule is O=C(NCCc1ccc(F)cc1)[C@@H]1CC(=O)N(c2ccccc2Cl)C1. The van der Waals surface area contributed by atoms with Crippen molar-refractivity contribution in [3.8, 4) is 0 Å². The molecule has 1 aliphatic rings. The normalized spacial score (nSPS) is 17.0. The number of anilines is 1. The van der Waals surface area contributed by atoms with Crippen LogP contribution in [-0.2, 0) is 16.0 Å². The van der Waals surface area contributed by atoms with Crippen molar-refractivity contribution in [1.29, 1.82) is 0 Å². The predicted octanol–water partition coefficient (Wildman–Crippen LogP) is 3.19. The van der Waals surface area contributed by atoms with Crippen LogP contribution in [0.5, 0.6) is 0 Å². The van der Waals surface area contributed by atoms with E-state index < -0.39 is 5.92 Å². The predicted molar refractivity (Wildman–Crippen MR) is 95.0 cm³/mol. The molecule has 1 fully saturated rings. The van der Waals surface area contributed by atoms with Gasteiger partial charge in [-0.15, -0.1) is 0 Å². The zero-order chi connectivity index (χ0) is 17.8. The molecule has 1 N–H and O–H groups in total. The molecule has 0 aliphatic carbocycles. The summed E-state index contributed by atoms with van der Waals surface area (Å²) in [5, 5.41) is 3.34. The van der Waals surface area contributed by atoms with E-state index in [-0.39, 0.29) is 24.1 Å². The number of hydrogen-bond donors (Lipinski definition) is 1. The van der Waals surface area contributed by atoms with Gasteiger partial charge in [-0.3, -0.25) is 9.59 Å². The number of halogens is 2. The van der Waals surface area contributed by atoms with E-state index in [2.05, 4.69) is 5.32 Å². The Hall–Kier alpha value is -2.40. The Morgan fingerprint density at radius 2 is 1.92 bits per heavy atom. The molecule has 1 atom stereocenters. The van der Waals surface area contributed by atoms with Gasteiger partial charge >= 0.3 is 0 Å². The second kappa shape index (κ2) is 7.66. The maximum atomic E-state index is 12.9. The fourth-order valence-electron chi connectivity index (χ4n) is 2.91. The molecule has 4 nitrogen and oxygen atoms in total. The zero-order valence-corrected chi connectivity index (χ0v) is 14.3. The summed E-state index contributed by atoms with van der Waals surface area (Å²) in [5.41, 5.74) is 1.58. The van der Waals surface area contributed by atoms with E-state index in [1.54, 1.807) is 35.2 Å². The number of carbonyl (C=O) groups excluding carboxylic acids is 2. The quantitative estimate of drug-likeness (QED) is 0.890. The molecule has 3 rings (SSSR count). The van der Waals surface area contributed by atoms with Crippen LogP contribution in [-0.4, -0.2) is 24.9 Å². The number of hydrogen-bond acceptors (Lipinski definition) is 2. The van der Waals surface area contributed by atoms with Gasteiger partial charge in [0.2, 0.25) is 11.8 Å². The lowest BCUT2D eigenvalue weighted by Crippen LogP contribution is -2.34. The highest BCUT2D eigenvalue weighted by Gasteiger charge is 2.35. The van der Waals surface area contributed by atoms with Crippen LogP contribution in [0.1, 0.15) is 12.0 Å². The third-order valence-corrected chi connectivity index (χ3v) is 4.58. The molecular weight excluding hydrogens is 343 g/mol. The number of para-hydroxylation sites is 1. The Kier molecular flexibility index (Phi) is 5.34. The highest BCUT2D eigenvalue weighted by molar-refractivity contribution is 6.33. The van der Waals surface area contributed by atoms with Crippen LogP contribution in [0.3, 0.4) is 0 Å². The van der Waals surface area contributed by atoms with Gasteiger partial charge in [-0.2, -0.15) is 0 Å². The standard InChI is InChI=1S/C19H18ClFN2O2/c20-16-3-1-2-4-17(16)23-12-14(11-18(23)24)19(25)22-10-9-13-5-7-15(21)8-6-13/h1-8,14H,9-12H2,(H,22,25)/t14-/m1/s1. The van der Waals surface area contributed by atoms with Gasteiger partial charge in [-0.05, 0) is 36.2 Å². The molecule has 0 unspecified atom stereocenters. The van der Waals surface area contributed by atoms with Crippen LogP contribution in [0.25, 0.3) is 0 Å². The van der Waals surface area contributed by atoms with Crippen molar-refractivity contribution in [3.63, 3.8) is 0 Å². The number of carbonyl (C=O) groups is 2. The van der Waals surface area contributed by atoms with Crippen LogP contribution in [0.4, 0.5) is 10.1 Å². The van der Waals surface area contributed by atoms with Crippen molar-refractivity contribution in [1.82, 2.24) is 5.32 Å². The first kappa shape index (κ1) is 17.4. The van der Waals surface area contributed by atoms with E-state index in [0.29, 0.717) is 30.2 Å². The average Bonchev–Trinajstić information content (AvgIpc) is 2.99. The summed E-state index contributed by atoms with van der Waals surface area (Å²) >= 11 is 6.14. The molecule has 0 spiro atoms. The molecule has 0 radical (unpaired) electrons. The summed E-state index contributed by atoms with van der Waals surface area (Å²) in [6.07, 6.45) is 0.786. The lowest BCUT2D eigenvalue weighted by atomic mass is 10.1. The van der Waals surface area contributed by atoms with E-state index >= 15 is 0 Å². The molecular formula is C19H18ClFN2O2. The summed E-state index contributed by atoms with van der Waals surface area (Å²) in [7, 11) is 0. The van der Waals surface area contributed by atoms with E-state index in [0.717, 1.165) is 5.56 Å². The monoisotopic (exact) mass is 360 g/mol. The number of benzene rings is 2. The van der Waals surface area contributed by atoms with Gasteiger partial charge in [0.15, 0.2) is 0 Å². The van der Waals surface area contributed by atoms with Crippen molar-refractivity contribution in [2.75, 3.05) is 18.0 Å². The van der Waals surface area contributed by atoms with Crippen LogP contribution >= 0.6 is 11.6 Å².